The average molecular weight is 399 g/mol. The third kappa shape index (κ3) is 6.17. The van der Waals surface area contributed by atoms with Gasteiger partial charge in [-0.2, -0.15) is 0 Å². The predicted molar refractivity (Wildman–Crippen MR) is 111 cm³/mol. The van der Waals surface area contributed by atoms with Crippen molar-refractivity contribution in [2.75, 3.05) is 11.9 Å². The molecule has 0 unspecified atom stereocenters. The van der Waals surface area contributed by atoms with Crippen molar-refractivity contribution in [1.29, 1.82) is 0 Å². The van der Waals surface area contributed by atoms with Crippen LogP contribution in [-0.4, -0.2) is 23.6 Å². The molecule has 0 atom stereocenters. The van der Waals surface area contributed by atoms with Crippen molar-refractivity contribution >= 4 is 17.8 Å². The van der Waals surface area contributed by atoms with Crippen molar-refractivity contribution < 1.29 is 18.8 Å². The highest BCUT2D eigenvalue weighted by molar-refractivity contribution is 5.92. The van der Waals surface area contributed by atoms with E-state index in [0.717, 1.165) is 42.7 Å². The molecule has 1 amide bonds. The van der Waals surface area contributed by atoms with Gasteiger partial charge in [-0.05, 0) is 38.5 Å². The van der Waals surface area contributed by atoms with Crippen molar-refractivity contribution in [2.45, 2.75) is 58.8 Å². The van der Waals surface area contributed by atoms with Crippen molar-refractivity contribution in [1.82, 2.24) is 5.16 Å². The van der Waals surface area contributed by atoms with Crippen LogP contribution in [0.2, 0.25) is 0 Å². The van der Waals surface area contributed by atoms with Crippen molar-refractivity contribution in [3.8, 4) is 11.3 Å². The zero-order chi connectivity index (χ0) is 20.6. The number of benzene rings is 1. The molecule has 0 spiro atoms. The van der Waals surface area contributed by atoms with Crippen LogP contribution in [0.4, 0.5) is 5.88 Å². The molecule has 29 heavy (non-hydrogen) atoms. The molecule has 156 valence electrons. The molecule has 1 heterocycles. The first-order valence-corrected chi connectivity index (χ1v) is 10.6. The fraction of sp³-hybridized carbons (Fsp3) is 0.522. The second-order valence-corrected chi connectivity index (χ2v) is 7.96. The highest BCUT2D eigenvalue weighted by Crippen LogP contribution is 2.32. The zero-order valence-corrected chi connectivity index (χ0v) is 17.3. The lowest BCUT2D eigenvalue weighted by Crippen LogP contribution is -2.27. The Balaban J connectivity index is 1.41. The molecule has 2 aromatic rings. The summed E-state index contributed by atoms with van der Waals surface area (Å²) in [5, 5.41) is 6.56. The van der Waals surface area contributed by atoms with Gasteiger partial charge < -0.3 is 9.26 Å². The number of aryl methyl sites for hydroxylation is 1. The van der Waals surface area contributed by atoms with E-state index in [2.05, 4.69) is 17.4 Å². The highest BCUT2D eigenvalue weighted by atomic mass is 16.5. The number of unbranched alkanes of at least 4 members (excludes halogenated alkanes) is 1. The van der Waals surface area contributed by atoms with E-state index in [-0.39, 0.29) is 24.4 Å². The molecule has 0 bridgehead atoms. The second-order valence-electron chi connectivity index (χ2n) is 7.96. The number of nitrogens with zero attached hydrogens (tertiary/aromatic N) is 1. The van der Waals surface area contributed by atoms with Gasteiger partial charge in [0.25, 0.3) is 5.91 Å². The predicted octanol–water partition coefficient (Wildman–Crippen LogP) is 5.13. The number of amides is 1. The summed E-state index contributed by atoms with van der Waals surface area (Å²) in [4.78, 5) is 24.3. The molecule has 0 aliphatic heterocycles. The third-order valence-corrected chi connectivity index (χ3v) is 5.61. The molecule has 3 rings (SSSR count). The number of anilines is 1. The number of esters is 1. The van der Waals surface area contributed by atoms with Gasteiger partial charge in [0.15, 0.2) is 6.61 Å². The smallest absolute Gasteiger partial charge is 0.309 e. The molecular weight excluding hydrogens is 368 g/mol. The first kappa shape index (κ1) is 21.1. The van der Waals surface area contributed by atoms with Crippen LogP contribution in [-0.2, 0) is 14.3 Å². The van der Waals surface area contributed by atoms with Gasteiger partial charge in [-0.1, -0.05) is 61.2 Å². The van der Waals surface area contributed by atoms with Gasteiger partial charge in [0.05, 0.1) is 5.92 Å². The van der Waals surface area contributed by atoms with Gasteiger partial charge in [0, 0.05) is 11.6 Å². The summed E-state index contributed by atoms with van der Waals surface area (Å²) in [5.41, 5.74) is 2.69. The Labute approximate surface area is 172 Å². The number of rotatable bonds is 8. The SMILES string of the molecule is CCCCC1CCC(C(=O)OCC(=O)Nc2cc(-c3ccc(C)cc3)no2)CC1. The Morgan fingerprint density at radius 2 is 1.90 bits per heavy atom. The van der Waals surface area contributed by atoms with Crippen LogP contribution >= 0.6 is 0 Å². The average Bonchev–Trinajstić information content (AvgIpc) is 3.19. The molecule has 1 saturated carbocycles. The van der Waals surface area contributed by atoms with Crippen LogP contribution in [0.15, 0.2) is 34.9 Å². The lowest BCUT2D eigenvalue weighted by Gasteiger charge is -2.27. The van der Waals surface area contributed by atoms with E-state index in [0.29, 0.717) is 5.69 Å². The van der Waals surface area contributed by atoms with Crippen molar-refractivity contribution in [2.24, 2.45) is 11.8 Å². The maximum Gasteiger partial charge on any atom is 0.309 e. The quantitative estimate of drug-likeness (QED) is 0.624. The standard InChI is InChI=1S/C23H30N2O4/c1-3-4-5-17-8-12-19(13-9-17)23(27)28-15-21(26)24-22-14-20(25-29-22)18-10-6-16(2)7-11-18/h6-7,10-11,14,17,19H,3-5,8-9,12-13,15H2,1-2H3,(H,24,26). The summed E-state index contributed by atoms with van der Waals surface area (Å²) in [6.07, 6.45) is 7.59. The van der Waals surface area contributed by atoms with E-state index in [1.54, 1.807) is 6.07 Å². The summed E-state index contributed by atoms with van der Waals surface area (Å²) in [6, 6.07) is 9.51. The van der Waals surface area contributed by atoms with E-state index >= 15 is 0 Å². The number of aromatic nitrogens is 1. The minimum absolute atomic E-state index is 0.0842. The van der Waals surface area contributed by atoms with Crippen molar-refractivity contribution in [3.05, 3.63) is 35.9 Å². The Morgan fingerprint density at radius 1 is 1.17 bits per heavy atom. The number of carbonyl (C=O) groups excluding carboxylic acids is 2. The topological polar surface area (TPSA) is 81.4 Å². The molecule has 6 heteroatoms. The molecule has 6 nitrogen and oxygen atoms in total. The van der Waals surface area contributed by atoms with Crippen LogP contribution in [0.5, 0.6) is 0 Å². The molecule has 1 fully saturated rings. The Hall–Kier alpha value is -2.63. The summed E-state index contributed by atoms with van der Waals surface area (Å²) < 4.78 is 10.4. The number of hydrogen-bond donors (Lipinski definition) is 1. The molecule has 1 N–H and O–H groups in total. The largest absolute Gasteiger partial charge is 0.455 e. The van der Waals surface area contributed by atoms with Crippen LogP contribution in [0, 0.1) is 18.8 Å². The number of carbonyl (C=O) groups is 2. The molecule has 1 aromatic carbocycles. The van der Waals surface area contributed by atoms with Crippen LogP contribution < -0.4 is 5.32 Å². The first-order valence-electron chi connectivity index (χ1n) is 10.6. The van der Waals surface area contributed by atoms with Gasteiger partial charge >= 0.3 is 5.97 Å². The molecule has 1 aliphatic rings. The maximum absolute atomic E-state index is 12.3. The normalized spacial score (nSPS) is 19.0. The maximum atomic E-state index is 12.3. The van der Waals surface area contributed by atoms with Crippen LogP contribution in [0.25, 0.3) is 11.3 Å². The molecule has 0 radical (unpaired) electrons. The minimum Gasteiger partial charge on any atom is -0.455 e. The van der Waals surface area contributed by atoms with E-state index in [9.17, 15) is 9.59 Å². The molecule has 1 aromatic heterocycles. The number of hydrogen-bond acceptors (Lipinski definition) is 5. The monoisotopic (exact) mass is 398 g/mol. The second kappa shape index (κ2) is 10.2. The summed E-state index contributed by atoms with van der Waals surface area (Å²) in [5.74, 6) is 0.183. The van der Waals surface area contributed by atoms with Gasteiger partial charge in [0.2, 0.25) is 5.88 Å². The fourth-order valence-corrected chi connectivity index (χ4v) is 3.80. The van der Waals surface area contributed by atoms with E-state index in [4.69, 9.17) is 9.26 Å². The minimum atomic E-state index is -0.429. The van der Waals surface area contributed by atoms with Crippen LogP contribution in [0.1, 0.15) is 57.4 Å². The molecule has 1 aliphatic carbocycles. The van der Waals surface area contributed by atoms with E-state index in [1.165, 1.54) is 19.3 Å². The van der Waals surface area contributed by atoms with Gasteiger partial charge in [0.1, 0.15) is 5.69 Å². The fourth-order valence-electron chi connectivity index (χ4n) is 3.80. The zero-order valence-electron chi connectivity index (χ0n) is 17.3. The summed E-state index contributed by atoms with van der Waals surface area (Å²) in [7, 11) is 0. The number of nitrogens with one attached hydrogen (secondary N) is 1. The summed E-state index contributed by atoms with van der Waals surface area (Å²) in [6.45, 7) is 3.91. The van der Waals surface area contributed by atoms with Gasteiger partial charge in [-0.15, -0.1) is 0 Å². The summed E-state index contributed by atoms with van der Waals surface area (Å²) >= 11 is 0. The van der Waals surface area contributed by atoms with E-state index < -0.39 is 5.91 Å². The Morgan fingerprint density at radius 3 is 2.59 bits per heavy atom. The molecule has 0 saturated heterocycles. The Kier molecular flexibility index (Phi) is 7.44. The van der Waals surface area contributed by atoms with E-state index in [1.807, 2.05) is 31.2 Å². The lowest BCUT2D eigenvalue weighted by atomic mass is 9.80. The van der Waals surface area contributed by atoms with Gasteiger partial charge in [-0.25, -0.2) is 0 Å². The lowest BCUT2D eigenvalue weighted by molar-refractivity contribution is -0.152. The first-order chi connectivity index (χ1) is 14.0. The van der Waals surface area contributed by atoms with Gasteiger partial charge in [-0.3, -0.25) is 14.9 Å². The number of ether oxygens (including phenoxy) is 1. The molecular formula is C23H30N2O4. The Bertz CT molecular complexity index is 805. The van der Waals surface area contributed by atoms with Crippen molar-refractivity contribution in [3.63, 3.8) is 0 Å². The van der Waals surface area contributed by atoms with Crippen LogP contribution in [0.3, 0.4) is 0 Å². The highest BCUT2D eigenvalue weighted by Gasteiger charge is 2.27. The third-order valence-electron chi connectivity index (χ3n) is 5.61.